The molecule has 1 saturated heterocycles. The molecule has 1 amide bonds. The van der Waals surface area contributed by atoms with Gasteiger partial charge in [0.2, 0.25) is 5.91 Å². The third kappa shape index (κ3) is 5.02. The van der Waals surface area contributed by atoms with Crippen LogP contribution >= 0.6 is 11.8 Å². The van der Waals surface area contributed by atoms with Crippen LogP contribution in [0.2, 0.25) is 0 Å². The molecule has 5 nitrogen and oxygen atoms in total. The maximum Gasteiger partial charge on any atom is 0.233 e. The van der Waals surface area contributed by atoms with E-state index in [4.69, 9.17) is 0 Å². The number of benzene rings is 1. The number of hydrogen-bond donors (Lipinski definition) is 0. The van der Waals surface area contributed by atoms with Crippen LogP contribution in [-0.2, 0) is 11.3 Å². The van der Waals surface area contributed by atoms with Crippen molar-refractivity contribution in [2.24, 2.45) is 0 Å². The van der Waals surface area contributed by atoms with E-state index in [2.05, 4.69) is 14.9 Å². The summed E-state index contributed by atoms with van der Waals surface area (Å²) in [6.07, 6.45) is 5.32. The van der Waals surface area contributed by atoms with Crippen LogP contribution in [-0.4, -0.2) is 57.6 Å². The van der Waals surface area contributed by atoms with E-state index in [0.717, 1.165) is 25.9 Å². The molecule has 1 aromatic carbocycles. The van der Waals surface area contributed by atoms with Gasteiger partial charge in [0.15, 0.2) is 5.16 Å². The van der Waals surface area contributed by atoms with E-state index in [9.17, 15) is 9.18 Å². The Balaban J connectivity index is 1.53. The minimum atomic E-state index is -0.168. The number of likely N-dealkylation sites (tertiary alicyclic amines) is 1. The van der Waals surface area contributed by atoms with E-state index >= 15 is 0 Å². The molecule has 7 heteroatoms. The fourth-order valence-corrected chi connectivity index (χ4v) is 3.88. The first-order valence-corrected chi connectivity index (χ1v) is 9.73. The van der Waals surface area contributed by atoms with Gasteiger partial charge in [0.05, 0.1) is 5.75 Å². The quantitative estimate of drug-likeness (QED) is 0.575. The number of nitrogens with zero attached hydrogens (tertiary/aromatic N) is 4. The summed E-state index contributed by atoms with van der Waals surface area (Å²) >= 11 is 1.35. The second kappa shape index (κ2) is 9.09. The third-order valence-electron chi connectivity index (χ3n) is 4.64. The number of carbonyl (C=O) groups excluding carboxylic acids is 1. The smallest absolute Gasteiger partial charge is 0.233 e. The number of likely N-dealkylation sites (N-methyl/N-ethyl adjacent to an activating group) is 1. The van der Waals surface area contributed by atoms with Gasteiger partial charge in [-0.3, -0.25) is 9.69 Å². The van der Waals surface area contributed by atoms with Gasteiger partial charge in [-0.05, 0) is 31.5 Å². The van der Waals surface area contributed by atoms with Crippen molar-refractivity contribution in [1.82, 2.24) is 19.8 Å². The van der Waals surface area contributed by atoms with E-state index in [-0.39, 0.29) is 17.8 Å². The molecule has 3 rings (SSSR count). The summed E-state index contributed by atoms with van der Waals surface area (Å²) in [7, 11) is 1.85. The van der Waals surface area contributed by atoms with E-state index in [1.165, 1.54) is 17.8 Å². The van der Waals surface area contributed by atoms with Crippen molar-refractivity contribution in [2.45, 2.75) is 30.6 Å². The molecule has 1 aromatic heterocycles. The van der Waals surface area contributed by atoms with Crippen LogP contribution in [0.4, 0.5) is 4.39 Å². The molecule has 1 aliphatic rings. The molecule has 0 N–H and O–H groups in total. The Morgan fingerprint density at radius 2 is 2.08 bits per heavy atom. The van der Waals surface area contributed by atoms with Gasteiger partial charge in [-0.15, -0.1) is 0 Å². The number of aromatic nitrogens is 2. The zero-order valence-corrected chi connectivity index (χ0v) is 15.7. The molecule has 1 aliphatic heterocycles. The zero-order valence-electron chi connectivity index (χ0n) is 14.8. The molecule has 0 radical (unpaired) electrons. The Morgan fingerprint density at radius 1 is 1.31 bits per heavy atom. The second-order valence-corrected chi connectivity index (χ2v) is 7.39. The number of hydrogen-bond acceptors (Lipinski definition) is 5. The summed E-state index contributed by atoms with van der Waals surface area (Å²) in [4.78, 5) is 24.8. The summed E-state index contributed by atoms with van der Waals surface area (Å²) in [5.74, 6) is 0.225. The fourth-order valence-electron chi connectivity index (χ4n) is 3.15. The lowest BCUT2D eigenvalue weighted by Crippen LogP contribution is -2.48. The highest BCUT2D eigenvalue weighted by molar-refractivity contribution is 7.99. The molecule has 0 unspecified atom stereocenters. The molecule has 26 heavy (non-hydrogen) atoms. The number of carbonyl (C=O) groups is 1. The Morgan fingerprint density at radius 3 is 2.85 bits per heavy atom. The Bertz CT molecular complexity index is 730. The van der Waals surface area contributed by atoms with Crippen LogP contribution in [0.3, 0.4) is 0 Å². The molecule has 0 saturated carbocycles. The summed E-state index contributed by atoms with van der Waals surface area (Å²) in [5.41, 5.74) is 0.707. The predicted octanol–water partition coefficient (Wildman–Crippen LogP) is 2.83. The van der Waals surface area contributed by atoms with Gasteiger partial charge in [-0.25, -0.2) is 14.4 Å². The van der Waals surface area contributed by atoms with E-state index in [1.54, 1.807) is 24.5 Å². The second-order valence-electron chi connectivity index (χ2n) is 6.45. The van der Waals surface area contributed by atoms with Gasteiger partial charge in [-0.1, -0.05) is 30.0 Å². The van der Waals surface area contributed by atoms with Crippen molar-refractivity contribution in [3.8, 4) is 0 Å². The van der Waals surface area contributed by atoms with Crippen LogP contribution in [0.25, 0.3) is 0 Å². The summed E-state index contributed by atoms with van der Waals surface area (Å²) in [6, 6.07) is 8.79. The van der Waals surface area contributed by atoms with Crippen molar-refractivity contribution in [1.29, 1.82) is 0 Å². The van der Waals surface area contributed by atoms with E-state index < -0.39 is 0 Å². The molecular weight excluding hydrogens is 351 g/mol. The van der Waals surface area contributed by atoms with Crippen LogP contribution in [0.5, 0.6) is 0 Å². The molecule has 1 atom stereocenters. The highest BCUT2D eigenvalue weighted by Crippen LogP contribution is 2.20. The average molecular weight is 374 g/mol. The summed E-state index contributed by atoms with van der Waals surface area (Å²) in [5, 5.41) is 0.610. The lowest BCUT2D eigenvalue weighted by molar-refractivity contribution is -0.130. The minimum absolute atomic E-state index is 0.0696. The Labute approximate surface area is 157 Å². The molecule has 2 aromatic rings. The predicted molar refractivity (Wildman–Crippen MR) is 100 cm³/mol. The maximum atomic E-state index is 13.9. The maximum absolute atomic E-state index is 13.9. The highest BCUT2D eigenvalue weighted by atomic mass is 32.2. The number of piperidine rings is 1. The monoisotopic (exact) mass is 374 g/mol. The topological polar surface area (TPSA) is 49.3 Å². The first kappa shape index (κ1) is 18.8. The Kier molecular flexibility index (Phi) is 6.57. The molecule has 1 fully saturated rings. The molecule has 0 bridgehead atoms. The van der Waals surface area contributed by atoms with Gasteiger partial charge in [0.25, 0.3) is 0 Å². The summed E-state index contributed by atoms with van der Waals surface area (Å²) in [6.45, 7) is 2.28. The molecule has 0 spiro atoms. The molecule has 2 heterocycles. The van der Waals surface area contributed by atoms with Gasteiger partial charge in [0, 0.05) is 44.1 Å². The third-order valence-corrected chi connectivity index (χ3v) is 5.50. The highest BCUT2D eigenvalue weighted by Gasteiger charge is 2.26. The van der Waals surface area contributed by atoms with E-state index in [0.29, 0.717) is 23.0 Å². The van der Waals surface area contributed by atoms with Crippen molar-refractivity contribution in [3.05, 3.63) is 54.1 Å². The standard InChI is InChI=1S/C19H23FN4OS/c1-23(18(25)14-26-19-21-9-5-10-22-19)16-7-4-11-24(13-16)12-15-6-2-3-8-17(15)20/h2-3,5-6,8-10,16H,4,7,11-14H2,1H3/t16-/m1/s1. The lowest BCUT2D eigenvalue weighted by atomic mass is 10.0. The summed E-state index contributed by atoms with van der Waals surface area (Å²) < 4.78 is 13.9. The van der Waals surface area contributed by atoms with Gasteiger partial charge in [0.1, 0.15) is 5.82 Å². The Hall–Kier alpha value is -1.99. The first-order valence-electron chi connectivity index (χ1n) is 8.74. The van der Waals surface area contributed by atoms with Crippen molar-refractivity contribution >= 4 is 17.7 Å². The number of rotatable bonds is 6. The number of amides is 1. The largest absolute Gasteiger partial charge is 0.341 e. The number of halogens is 1. The average Bonchev–Trinajstić information content (AvgIpc) is 2.68. The van der Waals surface area contributed by atoms with Gasteiger partial charge < -0.3 is 4.90 Å². The molecule has 138 valence electrons. The first-order chi connectivity index (χ1) is 12.6. The van der Waals surface area contributed by atoms with Gasteiger partial charge >= 0.3 is 0 Å². The van der Waals surface area contributed by atoms with Crippen LogP contribution in [0.1, 0.15) is 18.4 Å². The normalized spacial score (nSPS) is 17.8. The fraction of sp³-hybridized carbons (Fsp3) is 0.421. The lowest BCUT2D eigenvalue weighted by Gasteiger charge is -2.37. The molecular formula is C19H23FN4OS. The van der Waals surface area contributed by atoms with Gasteiger partial charge in [-0.2, -0.15) is 0 Å². The SMILES string of the molecule is CN(C(=O)CSc1ncccn1)[C@@H]1CCCN(Cc2ccccc2F)C1. The molecule has 0 aliphatic carbocycles. The van der Waals surface area contributed by atoms with Crippen LogP contribution < -0.4 is 0 Å². The van der Waals surface area contributed by atoms with Crippen LogP contribution in [0, 0.1) is 5.82 Å². The van der Waals surface area contributed by atoms with Crippen molar-refractivity contribution < 1.29 is 9.18 Å². The van der Waals surface area contributed by atoms with Crippen molar-refractivity contribution in [2.75, 3.05) is 25.9 Å². The minimum Gasteiger partial charge on any atom is -0.341 e. The van der Waals surface area contributed by atoms with Crippen molar-refractivity contribution in [3.63, 3.8) is 0 Å². The number of thioether (sulfide) groups is 1. The zero-order chi connectivity index (χ0) is 18.4. The van der Waals surface area contributed by atoms with Crippen LogP contribution in [0.15, 0.2) is 47.9 Å². The van der Waals surface area contributed by atoms with E-state index in [1.807, 2.05) is 24.1 Å².